The van der Waals surface area contributed by atoms with Crippen molar-refractivity contribution in [1.29, 1.82) is 0 Å². The predicted octanol–water partition coefficient (Wildman–Crippen LogP) is 4.02. The Balaban J connectivity index is 0.00000392. The predicted molar refractivity (Wildman–Crippen MR) is 123 cm³/mol. The standard InChI is InChI=1S/C20H29N5O2.HI/c1-5-6-19(26)24-16-9-7-15(8-10-16)12-22-20(21-4)23-13-17-11-18(14(2)3)25-27-17;/h7-11,14H,5-6,12-13H2,1-4H3,(H,24,26)(H2,21,22,23);1H. The molecule has 8 heteroatoms. The third kappa shape index (κ3) is 7.87. The van der Waals surface area contributed by atoms with Gasteiger partial charge in [-0.15, -0.1) is 24.0 Å². The Bertz CT molecular complexity index is 756. The minimum Gasteiger partial charge on any atom is -0.359 e. The maximum Gasteiger partial charge on any atom is 0.224 e. The molecular formula is C20H30IN5O2. The van der Waals surface area contributed by atoms with Crippen LogP contribution in [-0.2, 0) is 17.9 Å². The first-order chi connectivity index (χ1) is 13.0. The SMILES string of the molecule is CCCC(=O)Nc1ccc(CNC(=NC)NCc2cc(C(C)C)no2)cc1.I. The molecule has 2 rings (SSSR count). The molecule has 0 radical (unpaired) electrons. The minimum atomic E-state index is 0. The van der Waals surface area contributed by atoms with E-state index in [4.69, 9.17) is 4.52 Å². The molecule has 0 fully saturated rings. The summed E-state index contributed by atoms with van der Waals surface area (Å²) >= 11 is 0. The summed E-state index contributed by atoms with van der Waals surface area (Å²) < 4.78 is 5.32. The molecule has 3 N–H and O–H groups in total. The van der Waals surface area contributed by atoms with Crippen molar-refractivity contribution in [1.82, 2.24) is 15.8 Å². The summed E-state index contributed by atoms with van der Waals surface area (Å²) in [6, 6.07) is 9.72. The van der Waals surface area contributed by atoms with Gasteiger partial charge < -0.3 is 20.5 Å². The van der Waals surface area contributed by atoms with Gasteiger partial charge in [0.2, 0.25) is 5.91 Å². The molecule has 2 aromatic rings. The van der Waals surface area contributed by atoms with E-state index in [-0.39, 0.29) is 29.9 Å². The lowest BCUT2D eigenvalue weighted by Gasteiger charge is -2.11. The van der Waals surface area contributed by atoms with Crippen LogP contribution in [0.5, 0.6) is 0 Å². The van der Waals surface area contributed by atoms with Gasteiger partial charge in [0.1, 0.15) is 0 Å². The molecule has 7 nitrogen and oxygen atoms in total. The number of hydrogen-bond acceptors (Lipinski definition) is 4. The van der Waals surface area contributed by atoms with Crippen LogP contribution in [0.4, 0.5) is 5.69 Å². The molecule has 1 heterocycles. The van der Waals surface area contributed by atoms with Crippen LogP contribution in [0.2, 0.25) is 0 Å². The van der Waals surface area contributed by atoms with Gasteiger partial charge in [-0.25, -0.2) is 0 Å². The van der Waals surface area contributed by atoms with E-state index >= 15 is 0 Å². The zero-order chi connectivity index (χ0) is 19.6. The molecule has 0 atom stereocenters. The van der Waals surface area contributed by atoms with Crippen molar-refractivity contribution >= 4 is 41.5 Å². The number of nitrogens with one attached hydrogen (secondary N) is 3. The van der Waals surface area contributed by atoms with Gasteiger partial charge >= 0.3 is 0 Å². The molecule has 0 unspecified atom stereocenters. The number of nitrogens with zero attached hydrogens (tertiary/aromatic N) is 2. The van der Waals surface area contributed by atoms with Crippen LogP contribution in [0, 0.1) is 0 Å². The van der Waals surface area contributed by atoms with E-state index in [0.717, 1.165) is 29.1 Å². The number of anilines is 1. The van der Waals surface area contributed by atoms with Crippen molar-refractivity contribution in [3.8, 4) is 0 Å². The average molecular weight is 499 g/mol. The summed E-state index contributed by atoms with van der Waals surface area (Å²) in [5.41, 5.74) is 2.85. The first-order valence-corrected chi connectivity index (χ1v) is 9.30. The Morgan fingerprint density at radius 1 is 1.18 bits per heavy atom. The van der Waals surface area contributed by atoms with Crippen LogP contribution in [0.25, 0.3) is 0 Å². The summed E-state index contributed by atoms with van der Waals surface area (Å²) in [6.07, 6.45) is 1.38. The fourth-order valence-corrected chi connectivity index (χ4v) is 2.42. The Kier molecular flexibility index (Phi) is 10.6. The number of aliphatic imine (C=N–C) groups is 1. The highest BCUT2D eigenvalue weighted by Crippen LogP contribution is 2.14. The molecule has 0 bridgehead atoms. The number of carbonyl (C=O) groups excluding carboxylic acids is 1. The number of benzene rings is 1. The van der Waals surface area contributed by atoms with Crippen LogP contribution < -0.4 is 16.0 Å². The second kappa shape index (κ2) is 12.4. The number of rotatable bonds is 8. The molecule has 1 aromatic carbocycles. The molecule has 0 aliphatic carbocycles. The number of guanidine groups is 1. The molecule has 0 aliphatic heterocycles. The lowest BCUT2D eigenvalue weighted by Crippen LogP contribution is -2.36. The number of carbonyl (C=O) groups is 1. The number of amides is 1. The molecule has 1 amide bonds. The third-order valence-electron chi connectivity index (χ3n) is 4.00. The van der Waals surface area contributed by atoms with E-state index in [2.05, 4.69) is 39.9 Å². The molecular weight excluding hydrogens is 469 g/mol. The van der Waals surface area contributed by atoms with Gasteiger partial charge in [-0.2, -0.15) is 0 Å². The van der Waals surface area contributed by atoms with Gasteiger partial charge in [0.15, 0.2) is 11.7 Å². The third-order valence-corrected chi connectivity index (χ3v) is 4.00. The van der Waals surface area contributed by atoms with E-state index in [1.807, 2.05) is 37.3 Å². The van der Waals surface area contributed by atoms with Crippen molar-refractivity contribution in [2.75, 3.05) is 12.4 Å². The summed E-state index contributed by atoms with van der Waals surface area (Å²) in [6.45, 7) is 7.28. The molecule has 0 spiro atoms. The molecule has 0 saturated carbocycles. The van der Waals surface area contributed by atoms with Crippen molar-refractivity contribution in [3.63, 3.8) is 0 Å². The molecule has 0 aliphatic rings. The van der Waals surface area contributed by atoms with Crippen LogP contribution in [-0.4, -0.2) is 24.1 Å². The average Bonchev–Trinajstić information content (AvgIpc) is 3.13. The summed E-state index contributed by atoms with van der Waals surface area (Å²) in [4.78, 5) is 15.8. The van der Waals surface area contributed by atoms with E-state index in [0.29, 0.717) is 31.4 Å². The van der Waals surface area contributed by atoms with Crippen molar-refractivity contribution in [2.24, 2.45) is 4.99 Å². The molecule has 0 saturated heterocycles. The molecule has 154 valence electrons. The Hall–Kier alpha value is -2.10. The van der Waals surface area contributed by atoms with Gasteiger partial charge in [0, 0.05) is 31.8 Å². The molecule has 1 aromatic heterocycles. The first kappa shape index (κ1) is 23.9. The quantitative estimate of drug-likeness (QED) is 0.290. The smallest absolute Gasteiger partial charge is 0.224 e. The fraction of sp³-hybridized carbons (Fsp3) is 0.450. The highest BCUT2D eigenvalue weighted by molar-refractivity contribution is 14.0. The van der Waals surface area contributed by atoms with Crippen LogP contribution >= 0.6 is 24.0 Å². The lowest BCUT2D eigenvalue weighted by atomic mass is 10.1. The van der Waals surface area contributed by atoms with Gasteiger partial charge in [0.05, 0.1) is 12.2 Å². The first-order valence-electron chi connectivity index (χ1n) is 9.30. The number of aromatic nitrogens is 1. The highest BCUT2D eigenvalue weighted by Gasteiger charge is 2.08. The largest absolute Gasteiger partial charge is 0.359 e. The highest BCUT2D eigenvalue weighted by atomic mass is 127. The lowest BCUT2D eigenvalue weighted by molar-refractivity contribution is -0.116. The Morgan fingerprint density at radius 3 is 2.43 bits per heavy atom. The van der Waals surface area contributed by atoms with Gasteiger partial charge in [0.25, 0.3) is 0 Å². The summed E-state index contributed by atoms with van der Waals surface area (Å²) in [7, 11) is 1.72. The zero-order valence-electron chi connectivity index (χ0n) is 16.9. The van der Waals surface area contributed by atoms with Crippen molar-refractivity contribution in [3.05, 3.63) is 47.3 Å². The van der Waals surface area contributed by atoms with Crippen molar-refractivity contribution in [2.45, 2.75) is 52.6 Å². The maximum absolute atomic E-state index is 11.6. The zero-order valence-corrected chi connectivity index (χ0v) is 19.2. The summed E-state index contributed by atoms with van der Waals surface area (Å²) in [5, 5.41) is 13.4. The minimum absolute atomic E-state index is 0. The maximum atomic E-state index is 11.6. The monoisotopic (exact) mass is 499 g/mol. The van der Waals surface area contributed by atoms with E-state index in [1.165, 1.54) is 0 Å². The Labute approximate surface area is 183 Å². The second-order valence-electron chi connectivity index (χ2n) is 6.65. The van der Waals surface area contributed by atoms with Gasteiger partial charge in [-0.3, -0.25) is 9.79 Å². The van der Waals surface area contributed by atoms with Crippen LogP contribution in [0.15, 0.2) is 39.8 Å². The van der Waals surface area contributed by atoms with Crippen LogP contribution in [0.3, 0.4) is 0 Å². The topological polar surface area (TPSA) is 91.5 Å². The van der Waals surface area contributed by atoms with Crippen LogP contribution in [0.1, 0.15) is 56.5 Å². The molecule has 28 heavy (non-hydrogen) atoms. The second-order valence-corrected chi connectivity index (χ2v) is 6.65. The number of halogens is 1. The number of hydrogen-bond donors (Lipinski definition) is 3. The Morgan fingerprint density at radius 2 is 1.86 bits per heavy atom. The van der Waals surface area contributed by atoms with E-state index in [1.54, 1.807) is 7.05 Å². The summed E-state index contributed by atoms with van der Waals surface area (Å²) in [5.74, 6) is 1.84. The van der Waals surface area contributed by atoms with Gasteiger partial charge in [-0.05, 0) is 30.0 Å². The van der Waals surface area contributed by atoms with E-state index < -0.39 is 0 Å². The van der Waals surface area contributed by atoms with Gasteiger partial charge in [-0.1, -0.05) is 38.1 Å². The fourth-order valence-electron chi connectivity index (χ4n) is 2.42. The van der Waals surface area contributed by atoms with E-state index in [9.17, 15) is 4.79 Å². The normalized spacial score (nSPS) is 11.1. The van der Waals surface area contributed by atoms with Crippen molar-refractivity contribution < 1.29 is 9.32 Å².